The van der Waals surface area contributed by atoms with E-state index in [1.807, 2.05) is 50.2 Å². The van der Waals surface area contributed by atoms with Crippen LogP contribution in [-0.2, 0) is 0 Å². The fourth-order valence-electron chi connectivity index (χ4n) is 2.59. The van der Waals surface area contributed by atoms with Crippen molar-refractivity contribution in [3.63, 3.8) is 0 Å². The molecule has 0 aliphatic heterocycles. The summed E-state index contributed by atoms with van der Waals surface area (Å²) in [4.78, 5) is 22.9. The first-order valence-electron chi connectivity index (χ1n) is 6.86. The number of aromatic carboxylic acids is 1. The zero-order valence-electron chi connectivity index (χ0n) is 12.2. The molecule has 0 aliphatic rings. The van der Waals surface area contributed by atoms with Gasteiger partial charge in [0, 0.05) is 5.39 Å². The van der Waals surface area contributed by atoms with Crippen molar-refractivity contribution in [3.8, 4) is 11.1 Å². The molecule has 0 aliphatic carbocycles. The predicted octanol–water partition coefficient (Wildman–Crippen LogP) is 3.78. The number of hydrogen-bond donors (Lipinski definition) is 1. The van der Waals surface area contributed by atoms with E-state index in [-0.39, 0.29) is 5.56 Å². The summed E-state index contributed by atoms with van der Waals surface area (Å²) in [5, 5.41) is 9.69. The predicted molar refractivity (Wildman–Crippen MR) is 84.4 cm³/mol. The lowest BCUT2D eigenvalue weighted by Crippen LogP contribution is -2.13. The van der Waals surface area contributed by atoms with E-state index in [1.165, 1.54) is 6.07 Å². The number of carbonyl (C=O) groups is 1. The van der Waals surface area contributed by atoms with Crippen molar-refractivity contribution in [1.82, 2.24) is 0 Å². The van der Waals surface area contributed by atoms with Crippen molar-refractivity contribution in [1.29, 1.82) is 0 Å². The molecule has 4 nitrogen and oxygen atoms in total. The second kappa shape index (κ2) is 5.15. The van der Waals surface area contributed by atoms with Crippen LogP contribution in [-0.4, -0.2) is 11.1 Å². The van der Waals surface area contributed by atoms with Crippen LogP contribution in [0.25, 0.3) is 22.1 Å². The summed E-state index contributed by atoms with van der Waals surface area (Å²) in [6, 6.07) is 13.1. The van der Waals surface area contributed by atoms with Crippen LogP contribution in [0.5, 0.6) is 0 Å². The number of fused-ring (bicyclic) bond motifs is 1. The van der Waals surface area contributed by atoms with Crippen LogP contribution in [0.15, 0.2) is 51.7 Å². The molecule has 3 aromatic rings. The lowest BCUT2D eigenvalue weighted by Gasteiger charge is -2.12. The van der Waals surface area contributed by atoms with Gasteiger partial charge in [-0.3, -0.25) is 0 Å². The largest absolute Gasteiger partial charge is 0.477 e. The smallest absolute Gasteiger partial charge is 0.351 e. The highest BCUT2D eigenvalue weighted by molar-refractivity contribution is 5.94. The molecule has 0 atom stereocenters. The molecule has 0 saturated heterocycles. The zero-order valence-corrected chi connectivity index (χ0v) is 12.2. The number of aryl methyl sites for hydroxylation is 1. The highest BCUT2D eigenvalue weighted by Crippen LogP contribution is 2.31. The Morgan fingerprint density at radius 2 is 1.73 bits per heavy atom. The van der Waals surface area contributed by atoms with E-state index in [2.05, 4.69) is 0 Å². The van der Waals surface area contributed by atoms with Crippen LogP contribution in [0.2, 0.25) is 0 Å². The Morgan fingerprint density at radius 3 is 2.36 bits per heavy atom. The third-order valence-electron chi connectivity index (χ3n) is 3.90. The minimum atomic E-state index is -1.28. The first kappa shape index (κ1) is 14.1. The molecule has 0 bridgehead atoms. The molecule has 0 unspecified atom stereocenters. The first-order chi connectivity index (χ1) is 10.5. The highest BCUT2D eigenvalue weighted by atomic mass is 16.4. The highest BCUT2D eigenvalue weighted by Gasteiger charge is 2.16. The summed E-state index contributed by atoms with van der Waals surface area (Å²) in [6.07, 6.45) is 0. The summed E-state index contributed by atoms with van der Waals surface area (Å²) >= 11 is 0. The van der Waals surface area contributed by atoms with Gasteiger partial charge in [-0.25, -0.2) is 9.59 Å². The number of rotatable bonds is 2. The van der Waals surface area contributed by atoms with Crippen LogP contribution in [0.4, 0.5) is 0 Å². The Hall–Kier alpha value is -2.88. The van der Waals surface area contributed by atoms with Crippen molar-refractivity contribution in [3.05, 3.63) is 69.6 Å². The fraction of sp³-hybridized carbons (Fsp3) is 0.111. The summed E-state index contributed by atoms with van der Waals surface area (Å²) < 4.78 is 5.22. The van der Waals surface area contributed by atoms with Crippen molar-refractivity contribution in [2.75, 3.05) is 0 Å². The number of benzene rings is 2. The number of hydrogen-bond acceptors (Lipinski definition) is 3. The van der Waals surface area contributed by atoms with Gasteiger partial charge >= 0.3 is 11.6 Å². The molecular weight excluding hydrogens is 280 g/mol. The van der Waals surface area contributed by atoms with Crippen molar-refractivity contribution in [2.24, 2.45) is 0 Å². The molecule has 0 saturated carbocycles. The van der Waals surface area contributed by atoms with Crippen LogP contribution >= 0.6 is 0 Å². The van der Waals surface area contributed by atoms with Gasteiger partial charge in [-0.15, -0.1) is 0 Å². The third kappa shape index (κ3) is 2.19. The maximum atomic E-state index is 11.7. The Kier molecular flexibility index (Phi) is 3.29. The van der Waals surface area contributed by atoms with E-state index < -0.39 is 11.6 Å². The van der Waals surface area contributed by atoms with Crippen LogP contribution in [0.1, 0.15) is 21.5 Å². The molecule has 1 heterocycles. The molecule has 0 radical (unpaired) electrons. The van der Waals surface area contributed by atoms with E-state index in [1.54, 1.807) is 0 Å². The first-order valence-corrected chi connectivity index (χ1v) is 6.86. The average Bonchev–Trinajstić information content (AvgIpc) is 2.51. The minimum absolute atomic E-state index is 0.352. The van der Waals surface area contributed by atoms with Crippen molar-refractivity contribution >= 4 is 16.9 Å². The molecule has 110 valence electrons. The van der Waals surface area contributed by atoms with Gasteiger partial charge in [-0.05, 0) is 48.2 Å². The Labute approximate surface area is 126 Å². The Bertz CT molecular complexity index is 937. The van der Waals surface area contributed by atoms with E-state index in [9.17, 15) is 9.59 Å². The molecule has 1 N–H and O–H groups in total. The van der Waals surface area contributed by atoms with Gasteiger partial charge in [0.1, 0.15) is 11.1 Å². The molecule has 2 aromatic carbocycles. The fourth-order valence-corrected chi connectivity index (χ4v) is 2.59. The monoisotopic (exact) mass is 294 g/mol. The third-order valence-corrected chi connectivity index (χ3v) is 3.90. The van der Waals surface area contributed by atoms with E-state index in [0.29, 0.717) is 11.0 Å². The molecule has 1 aromatic heterocycles. The van der Waals surface area contributed by atoms with E-state index >= 15 is 0 Å². The van der Waals surface area contributed by atoms with Crippen LogP contribution < -0.4 is 5.63 Å². The van der Waals surface area contributed by atoms with Crippen LogP contribution in [0.3, 0.4) is 0 Å². The topological polar surface area (TPSA) is 67.5 Å². The van der Waals surface area contributed by atoms with Gasteiger partial charge in [-0.2, -0.15) is 0 Å². The van der Waals surface area contributed by atoms with Gasteiger partial charge in [0.05, 0.1) is 0 Å². The molecule has 0 amide bonds. The second-order valence-electron chi connectivity index (χ2n) is 5.21. The molecule has 4 heteroatoms. The van der Waals surface area contributed by atoms with Crippen LogP contribution in [0, 0.1) is 13.8 Å². The molecule has 0 spiro atoms. The van der Waals surface area contributed by atoms with Gasteiger partial charge < -0.3 is 9.52 Å². The van der Waals surface area contributed by atoms with Crippen molar-refractivity contribution < 1.29 is 14.3 Å². The maximum absolute atomic E-state index is 11.7. The number of carboxylic acid groups (broad SMARTS) is 1. The van der Waals surface area contributed by atoms with Gasteiger partial charge in [-0.1, -0.05) is 30.3 Å². The SMILES string of the molecule is Cc1c(-c2ccccc2)cc2cc(C(=O)O)c(=O)oc2c1C. The minimum Gasteiger partial charge on any atom is -0.477 e. The summed E-state index contributed by atoms with van der Waals surface area (Å²) in [5.74, 6) is -1.28. The second-order valence-corrected chi connectivity index (χ2v) is 5.21. The van der Waals surface area contributed by atoms with Gasteiger partial charge in [0.25, 0.3) is 0 Å². The average molecular weight is 294 g/mol. The lowest BCUT2D eigenvalue weighted by molar-refractivity contribution is 0.0692. The summed E-state index contributed by atoms with van der Waals surface area (Å²) in [5.41, 5.74) is 3.14. The summed E-state index contributed by atoms with van der Waals surface area (Å²) in [7, 11) is 0. The zero-order chi connectivity index (χ0) is 15.9. The van der Waals surface area contributed by atoms with E-state index in [0.717, 1.165) is 22.3 Å². The molecular formula is C18H14O4. The summed E-state index contributed by atoms with van der Waals surface area (Å²) in [6.45, 7) is 3.83. The van der Waals surface area contributed by atoms with E-state index in [4.69, 9.17) is 9.52 Å². The van der Waals surface area contributed by atoms with Gasteiger partial charge in [0.2, 0.25) is 0 Å². The Morgan fingerprint density at radius 1 is 1.05 bits per heavy atom. The quantitative estimate of drug-likeness (QED) is 0.730. The Balaban J connectivity index is 2.38. The molecule has 3 rings (SSSR count). The normalized spacial score (nSPS) is 10.8. The maximum Gasteiger partial charge on any atom is 0.351 e. The van der Waals surface area contributed by atoms with Gasteiger partial charge in [0.15, 0.2) is 0 Å². The molecule has 0 fully saturated rings. The number of carboxylic acids is 1. The molecule has 22 heavy (non-hydrogen) atoms. The standard InChI is InChI=1S/C18H14O4/c1-10-11(2)16-13(9-15(17(19)20)18(21)22-16)8-14(10)12-6-4-3-5-7-12/h3-9H,1-2H3,(H,19,20). The lowest BCUT2D eigenvalue weighted by atomic mass is 9.94. The van der Waals surface area contributed by atoms with Crippen molar-refractivity contribution in [2.45, 2.75) is 13.8 Å².